The van der Waals surface area contributed by atoms with Crippen LogP contribution in [0.15, 0.2) is 23.1 Å². The molecule has 0 radical (unpaired) electrons. The molecular weight excluding hydrogens is 316 g/mol. The molecule has 0 aromatic heterocycles. The Hall–Kier alpha value is -1.15. The number of hydrogen-bond donors (Lipinski definition) is 2. The lowest BCUT2D eigenvalue weighted by Crippen LogP contribution is -2.29. The molecule has 116 valence electrons. The smallest absolute Gasteiger partial charge is 0.251 e. The van der Waals surface area contributed by atoms with Crippen LogP contribution in [0.1, 0.15) is 16.8 Å². The summed E-state index contributed by atoms with van der Waals surface area (Å²) in [5.74, 6) is -0.0205. The van der Waals surface area contributed by atoms with Crippen LogP contribution in [-0.4, -0.2) is 41.1 Å². The fourth-order valence-corrected chi connectivity index (χ4v) is 3.29. The third-order valence-corrected chi connectivity index (χ3v) is 5.22. The van der Waals surface area contributed by atoms with E-state index in [9.17, 15) is 13.2 Å². The molecule has 1 atom stereocenters. The molecule has 1 aliphatic heterocycles. The highest BCUT2D eigenvalue weighted by Gasteiger charge is 2.20. The minimum atomic E-state index is -3.70. The summed E-state index contributed by atoms with van der Waals surface area (Å²) in [4.78, 5) is 12.0. The van der Waals surface area contributed by atoms with E-state index in [-0.39, 0.29) is 21.4 Å². The lowest BCUT2D eigenvalue weighted by atomic mass is 10.1. The van der Waals surface area contributed by atoms with Gasteiger partial charge in [0.15, 0.2) is 0 Å². The molecule has 0 saturated carbocycles. The minimum Gasteiger partial charge on any atom is -0.381 e. The van der Waals surface area contributed by atoms with Crippen LogP contribution in [0.2, 0.25) is 5.02 Å². The second-order valence-corrected chi connectivity index (χ2v) is 7.05. The number of rotatable bonds is 5. The largest absolute Gasteiger partial charge is 0.381 e. The highest BCUT2D eigenvalue weighted by molar-refractivity contribution is 7.89. The predicted molar refractivity (Wildman–Crippen MR) is 79.0 cm³/mol. The SMILES string of the molecule is CNS(=O)(=O)c1cc(C(=O)NC[C@H]2CCOC2)ccc1Cl. The van der Waals surface area contributed by atoms with Gasteiger partial charge < -0.3 is 10.1 Å². The third kappa shape index (κ3) is 3.94. The van der Waals surface area contributed by atoms with Gasteiger partial charge >= 0.3 is 0 Å². The number of hydrogen-bond acceptors (Lipinski definition) is 4. The molecule has 0 aliphatic carbocycles. The van der Waals surface area contributed by atoms with E-state index in [0.717, 1.165) is 6.42 Å². The van der Waals surface area contributed by atoms with E-state index in [0.29, 0.717) is 25.7 Å². The average molecular weight is 333 g/mol. The number of sulfonamides is 1. The van der Waals surface area contributed by atoms with Crippen LogP contribution in [0.3, 0.4) is 0 Å². The average Bonchev–Trinajstić information content (AvgIpc) is 2.98. The van der Waals surface area contributed by atoms with E-state index < -0.39 is 10.0 Å². The molecule has 1 aromatic rings. The fourth-order valence-electron chi connectivity index (χ4n) is 2.04. The normalized spacial score (nSPS) is 18.7. The first-order chi connectivity index (χ1) is 9.94. The Morgan fingerprint density at radius 3 is 2.86 bits per heavy atom. The van der Waals surface area contributed by atoms with Crippen molar-refractivity contribution in [3.05, 3.63) is 28.8 Å². The highest BCUT2D eigenvalue weighted by atomic mass is 35.5. The van der Waals surface area contributed by atoms with Crippen LogP contribution in [-0.2, 0) is 14.8 Å². The Balaban J connectivity index is 2.12. The van der Waals surface area contributed by atoms with Gasteiger partial charge in [0.25, 0.3) is 5.91 Å². The van der Waals surface area contributed by atoms with E-state index in [1.165, 1.54) is 25.2 Å². The van der Waals surface area contributed by atoms with E-state index >= 15 is 0 Å². The molecule has 1 aliphatic rings. The van der Waals surface area contributed by atoms with Crippen LogP contribution in [0.4, 0.5) is 0 Å². The van der Waals surface area contributed by atoms with Crippen molar-refractivity contribution in [3.8, 4) is 0 Å². The van der Waals surface area contributed by atoms with E-state index in [1.54, 1.807) is 0 Å². The zero-order valence-electron chi connectivity index (χ0n) is 11.6. The van der Waals surface area contributed by atoms with Gasteiger partial charge in [-0.3, -0.25) is 4.79 Å². The molecule has 8 heteroatoms. The zero-order chi connectivity index (χ0) is 15.5. The molecule has 0 spiro atoms. The summed E-state index contributed by atoms with van der Waals surface area (Å²) < 4.78 is 31.1. The molecule has 6 nitrogen and oxygen atoms in total. The van der Waals surface area contributed by atoms with Crippen molar-refractivity contribution in [1.29, 1.82) is 0 Å². The summed E-state index contributed by atoms with van der Waals surface area (Å²) in [6.45, 7) is 1.86. The zero-order valence-corrected chi connectivity index (χ0v) is 13.1. The first-order valence-electron chi connectivity index (χ1n) is 6.53. The van der Waals surface area contributed by atoms with Crippen LogP contribution in [0, 0.1) is 5.92 Å². The van der Waals surface area contributed by atoms with Crippen LogP contribution < -0.4 is 10.0 Å². The van der Waals surface area contributed by atoms with Crippen molar-refractivity contribution in [2.24, 2.45) is 5.92 Å². The van der Waals surface area contributed by atoms with Crippen molar-refractivity contribution in [1.82, 2.24) is 10.0 Å². The minimum absolute atomic E-state index is 0.0742. The molecular formula is C13H17ClN2O4S. The maximum absolute atomic E-state index is 12.1. The van der Waals surface area contributed by atoms with Crippen molar-refractivity contribution in [2.75, 3.05) is 26.8 Å². The molecule has 0 bridgehead atoms. The number of halogens is 1. The van der Waals surface area contributed by atoms with E-state index in [4.69, 9.17) is 16.3 Å². The second-order valence-electron chi connectivity index (χ2n) is 4.79. The van der Waals surface area contributed by atoms with Gasteiger partial charge in [0.1, 0.15) is 4.90 Å². The van der Waals surface area contributed by atoms with Crippen molar-refractivity contribution in [2.45, 2.75) is 11.3 Å². The molecule has 1 amide bonds. The number of benzene rings is 1. The second kappa shape index (κ2) is 6.74. The molecule has 2 N–H and O–H groups in total. The van der Waals surface area contributed by atoms with Crippen molar-refractivity contribution >= 4 is 27.5 Å². The lowest BCUT2D eigenvalue weighted by molar-refractivity contribution is 0.0945. The van der Waals surface area contributed by atoms with Gasteiger partial charge in [-0.05, 0) is 31.7 Å². The highest BCUT2D eigenvalue weighted by Crippen LogP contribution is 2.22. The molecule has 0 unspecified atom stereocenters. The molecule has 1 aromatic carbocycles. The Morgan fingerprint density at radius 1 is 1.48 bits per heavy atom. The molecule has 2 rings (SSSR count). The Kier molecular flexibility index (Phi) is 5.21. The van der Waals surface area contributed by atoms with Gasteiger partial charge in [-0.1, -0.05) is 11.6 Å². The summed E-state index contributed by atoms with van der Waals surface area (Å²) in [7, 11) is -2.41. The monoisotopic (exact) mass is 332 g/mol. The topological polar surface area (TPSA) is 84.5 Å². The maximum atomic E-state index is 12.1. The van der Waals surface area contributed by atoms with Crippen LogP contribution in [0.25, 0.3) is 0 Å². The van der Waals surface area contributed by atoms with Gasteiger partial charge in [0, 0.05) is 24.6 Å². The number of nitrogens with one attached hydrogen (secondary N) is 2. The first kappa shape index (κ1) is 16.2. The lowest BCUT2D eigenvalue weighted by Gasteiger charge is -2.11. The summed E-state index contributed by atoms with van der Waals surface area (Å²) in [5.41, 5.74) is 0.257. The molecule has 21 heavy (non-hydrogen) atoms. The summed E-state index contributed by atoms with van der Waals surface area (Å²) in [6, 6.07) is 4.17. The third-order valence-electron chi connectivity index (χ3n) is 3.33. The van der Waals surface area contributed by atoms with Crippen molar-refractivity contribution in [3.63, 3.8) is 0 Å². The Morgan fingerprint density at radius 2 is 2.24 bits per heavy atom. The maximum Gasteiger partial charge on any atom is 0.251 e. The number of amides is 1. The summed E-state index contributed by atoms with van der Waals surface area (Å²) >= 11 is 5.88. The molecule has 1 heterocycles. The van der Waals surface area contributed by atoms with E-state index in [1.807, 2.05) is 0 Å². The number of carbonyl (C=O) groups is 1. The van der Waals surface area contributed by atoms with Gasteiger partial charge in [-0.2, -0.15) is 0 Å². The Bertz CT molecular complexity index is 627. The molecule has 1 saturated heterocycles. The number of carbonyl (C=O) groups excluding carboxylic acids is 1. The van der Waals surface area contributed by atoms with Crippen LogP contribution >= 0.6 is 11.6 Å². The number of ether oxygens (including phenoxy) is 1. The van der Waals surface area contributed by atoms with Crippen molar-refractivity contribution < 1.29 is 17.9 Å². The summed E-state index contributed by atoms with van der Waals surface area (Å²) in [5, 5.41) is 2.85. The van der Waals surface area contributed by atoms with E-state index in [2.05, 4.69) is 10.0 Å². The van der Waals surface area contributed by atoms with Gasteiger partial charge in [0.05, 0.1) is 11.6 Å². The Labute approximate surface area is 128 Å². The van der Waals surface area contributed by atoms with Gasteiger partial charge in [0.2, 0.25) is 10.0 Å². The summed E-state index contributed by atoms with van der Waals surface area (Å²) in [6.07, 6.45) is 0.917. The standard InChI is InChI=1S/C13H17ClN2O4S/c1-15-21(18,19)12-6-10(2-3-11(12)14)13(17)16-7-9-4-5-20-8-9/h2-3,6,9,15H,4-5,7-8H2,1H3,(H,16,17)/t9-/m1/s1. The predicted octanol–water partition coefficient (Wildman–Crippen LogP) is 1.01. The fraction of sp³-hybridized carbons (Fsp3) is 0.462. The van der Waals surface area contributed by atoms with Gasteiger partial charge in [-0.25, -0.2) is 13.1 Å². The van der Waals surface area contributed by atoms with Crippen LogP contribution in [0.5, 0.6) is 0 Å². The molecule has 1 fully saturated rings. The first-order valence-corrected chi connectivity index (χ1v) is 8.39. The van der Waals surface area contributed by atoms with Gasteiger partial charge in [-0.15, -0.1) is 0 Å². The quantitative estimate of drug-likeness (QED) is 0.843.